The summed E-state index contributed by atoms with van der Waals surface area (Å²) in [5, 5.41) is 18.4. The fourth-order valence-electron chi connectivity index (χ4n) is 2.05. The van der Waals surface area contributed by atoms with Gasteiger partial charge in [-0.15, -0.1) is 0 Å². The summed E-state index contributed by atoms with van der Waals surface area (Å²) in [4.78, 5) is 12.2. The van der Waals surface area contributed by atoms with Gasteiger partial charge >= 0.3 is 0 Å². The number of hydrogen-bond acceptors (Lipinski definition) is 5. The van der Waals surface area contributed by atoms with Crippen molar-refractivity contribution < 1.29 is 19.4 Å². The molecule has 2 rings (SSSR count). The van der Waals surface area contributed by atoms with Gasteiger partial charge in [-0.1, -0.05) is 17.7 Å². The summed E-state index contributed by atoms with van der Waals surface area (Å²) in [6.07, 6.45) is 3.00. The summed E-state index contributed by atoms with van der Waals surface area (Å²) < 4.78 is 10.4. The maximum absolute atomic E-state index is 12.2. The fraction of sp³-hybridized carbons (Fsp3) is 0.158. The lowest BCUT2D eigenvalue weighted by atomic mass is 10.1. The van der Waals surface area contributed by atoms with E-state index in [1.54, 1.807) is 49.4 Å². The summed E-state index contributed by atoms with van der Waals surface area (Å²) in [6, 6.07) is 11.5. The summed E-state index contributed by atoms with van der Waals surface area (Å²) in [6.45, 7) is 2.14. The van der Waals surface area contributed by atoms with Gasteiger partial charge in [0.25, 0.3) is 0 Å². The zero-order valence-corrected chi connectivity index (χ0v) is 14.3. The second-order valence-electron chi connectivity index (χ2n) is 4.95. The molecule has 0 saturated carbocycles. The van der Waals surface area contributed by atoms with E-state index in [0.29, 0.717) is 23.5 Å². The van der Waals surface area contributed by atoms with Gasteiger partial charge in [-0.25, -0.2) is 0 Å². The molecule has 0 saturated heterocycles. The van der Waals surface area contributed by atoms with Crippen LogP contribution in [0.5, 0.6) is 17.2 Å². The largest absolute Gasteiger partial charge is 0.503 e. The first-order valence-electron chi connectivity index (χ1n) is 7.52. The van der Waals surface area contributed by atoms with Crippen molar-refractivity contribution in [2.45, 2.75) is 6.92 Å². The van der Waals surface area contributed by atoms with Crippen molar-refractivity contribution in [3.05, 3.63) is 58.6 Å². The quantitative estimate of drug-likeness (QED) is 0.592. The van der Waals surface area contributed by atoms with Crippen LogP contribution < -0.4 is 9.47 Å². The van der Waals surface area contributed by atoms with Gasteiger partial charge in [-0.05, 0) is 55.0 Å². The second kappa shape index (κ2) is 8.76. The minimum Gasteiger partial charge on any atom is -0.503 e. The Morgan fingerprint density at radius 1 is 1.28 bits per heavy atom. The van der Waals surface area contributed by atoms with Crippen LogP contribution in [0.4, 0.5) is 0 Å². The van der Waals surface area contributed by atoms with Crippen LogP contribution in [0, 0.1) is 11.3 Å². The van der Waals surface area contributed by atoms with Crippen molar-refractivity contribution in [2.24, 2.45) is 0 Å². The lowest BCUT2D eigenvalue weighted by Crippen LogP contribution is -1.96. The number of ether oxygens (including phenoxy) is 2. The predicted octanol–water partition coefficient (Wildman–Crippen LogP) is 4.24. The van der Waals surface area contributed by atoms with Gasteiger partial charge in [0.05, 0.1) is 11.6 Å². The van der Waals surface area contributed by atoms with Crippen LogP contribution >= 0.6 is 11.6 Å². The van der Waals surface area contributed by atoms with E-state index in [1.165, 1.54) is 6.08 Å². The molecule has 6 heteroatoms. The molecule has 25 heavy (non-hydrogen) atoms. The highest BCUT2D eigenvalue weighted by molar-refractivity contribution is 6.32. The number of hydrogen-bond donors (Lipinski definition) is 1. The van der Waals surface area contributed by atoms with Gasteiger partial charge in [0.2, 0.25) is 0 Å². The monoisotopic (exact) mass is 357 g/mol. The molecule has 0 radical (unpaired) electrons. The van der Waals surface area contributed by atoms with Crippen molar-refractivity contribution in [2.75, 3.05) is 13.2 Å². The molecule has 0 amide bonds. The number of phenols is 1. The number of aromatic hydroxyl groups is 1. The first-order valence-corrected chi connectivity index (χ1v) is 7.90. The predicted molar refractivity (Wildman–Crippen MR) is 95.2 cm³/mol. The summed E-state index contributed by atoms with van der Waals surface area (Å²) in [7, 11) is 0. The number of nitriles is 1. The van der Waals surface area contributed by atoms with Crippen molar-refractivity contribution in [3.8, 4) is 23.3 Å². The Morgan fingerprint density at radius 2 is 2.00 bits per heavy atom. The normalized spacial score (nSPS) is 10.4. The smallest absolute Gasteiger partial charge is 0.185 e. The number of halogens is 1. The molecule has 0 aliphatic carbocycles. The van der Waals surface area contributed by atoms with E-state index in [4.69, 9.17) is 26.3 Å². The summed E-state index contributed by atoms with van der Waals surface area (Å²) in [5.74, 6) is 0.462. The Labute approximate surface area is 150 Å². The molecule has 2 aromatic carbocycles. The number of carbonyl (C=O) groups excluding carboxylic acids is 1. The third-order valence-corrected chi connectivity index (χ3v) is 3.51. The van der Waals surface area contributed by atoms with Gasteiger partial charge in [-0.3, -0.25) is 4.79 Å². The second-order valence-corrected chi connectivity index (χ2v) is 5.36. The standard InChI is InChI=1S/C19H16ClNO4/c1-2-24-18-12-13(11-16(20)19(18)23)3-8-17(22)14-4-6-15(7-5-14)25-10-9-21/h3-8,11-12,23H,2,10H2,1H3. The first kappa shape index (κ1) is 18.4. The zero-order chi connectivity index (χ0) is 18.2. The van der Waals surface area contributed by atoms with Crippen LogP contribution in [-0.2, 0) is 0 Å². The van der Waals surface area contributed by atoms with Gasteiger partial charge in [0, 0.05) is 5.56 Å². The highest BCUT2D eigenvalue weighted by Crippen LogP contribution is 2.35. The Morgan fingerprint density at radius 3 is 2.64 bits per heavy atom. The Hall–Kier alpha value is -2.97. The van der Waals surface area contributed by atoms with Crippen LogP contribution in [0.1, 0.15) is 22.8 Å². The highest BCUT2D eigenvalue weighted by Gasteiger charge is 2.09. The molecule has 0 aliphatic heterocycles. The Bertz CT molecular complexity index is 823. The highest BCUT2D eigenvalue weighted by atomic mass is 35.5. The van der Waals surface area contributed by atoms with E-state index < -0.39 is 0 Å². The number of phenolic OH excluding ortho intramolecular Hbond substituents is 1. The molecule has 0 aromatic heterocycles. The van der Waals surface area contributed by atoms with Crippen LogP contribution in [0.3, 0.4) is 0 Å². The number of ketones is 1. The van der Waals surface area contributed by atoms with Crippen molar-refractivity contribution in [1.82, 2.24) is 0 Å². The van der Waals surface area contributed by atoms with Crippen LogP contribution in [0.15, 0.2) is 42.5 Å². The Balaban J connectivity index is 2.13. The summed E-state index contributed by atoms with van der Waals surface area (Å²) >= 11 is 5.96. The van der Waals surface area contributed by atoms with Gasteiger partial charge < -0.3 is 14.6 Å². The minimum absolute atomic E-state index is 0.0447. The molecule has 0 fully saturated rings. The van der Waals surface area contributed by atoms with Gasteiger partial charge in [0.1, 0.15) is 11.8 Å². The van der Waals surface area contributed by atoms with Crippen molar-refractivity contribution in [3.63, 3.8) is 0 Å². The van der Waals surface area contributed by atoms with E-state index in [1.807, 2.05) is 6.07 Å². The Kier molecular flexibility index (Phi) is 6.44. The average molecular weight is 358 g/mol. The molecular weight excluding hydrogens is 342 g/mol. The molecule has 0 spiro atoms. The lowest BCUT2D eigenvalue weighted by Gasteiger charge is -2.08. The molecule has 1 N–H and O–H groups in total. The third-order valence-electron chi connectivity index (χ3n) is 3.22. The lowest BCUT2D eigenvalue weighted by molar-refractivity contribution is 0.104. The van der Waals surface area contributed by atoms with Gasteiger partial charge in [0.15, 0.2) is 23.9 Å². The molecule has 0 bridgehead atoms. The molecule has 0 heterocycles. The summed E-state index contributed by atoms with van der Waals surface area (Å²) in [5.41, 5.74) is 1.11. The van der Waals surface area contributed by atoms with E-state index >= 15 is 0 Å². The SMILES string of the molecule is CCOc1cc(C=CC(=O)c2ccc(OCC#N)cc2)cc(Cl)c1O. The average Bonchev–Trinajstić information content (AvgIpc) is 2.62. The topological polar surface area (TPSA) is 79.5 Å². The minimum atomic E-state index is -0.200. The number of rotatable bonds is 7. The number of benzene rings is 2. The van der Waals surface area contributed by atoms with Crippen LogP contribution in [0.2, 0.25) is 5.02 Å². The maximum atomic E-state index is 12.2. The fourth-order valence-corrected chi connectivity index (χ4v) is 2.27. The maximum Gasteiger partial charge on any atom is 0.185 e. The van der Waals surface area contributed by atoms with Gasteiger partial charge in [-0.2, -0.15) is 5.26 Å². The third kappa shape index (κ3) is 5.00. The molecule has 0 atom stereocenters. The first-order chi connectivity index (χ1) is 12.0. The van der Waals surface area contributed by atoms with Crippen molar-refractivity contribution in [1.29, 1.82) is 5.26 Å². The van der Waals surface area contributed by atoms with E-state index in [-0.39, 0.29) is 28.9 Å². The number of carbonyl (C=O) groups is 1. The molecule has 0 unspecified atom stereocenters. The number of allylic oxidation sites excluding steroid dienone is 1. The van der Waals surface area contributed by atoms with Crippen LogP contribution in [0.25, 0.3) is 6.08 Å². The van der Waals surface area contributed by atoms with E-state index in [2.05, 4.69) is 0 Å². The molecular formula is C19H16ClNO4. The van der Waals surface area contributed by atoms with Crippen LogP contribution in [-0.4, -0.2) is 24.1 Å². The molecule has 2 aromatic rings. The zero-order valence-electron chi connectivity index (χ0n) is 13.5. The van der Waals surface area contributed by atoms with E-state index in [0.717, 1.165) is 0 Å². The molecule has 5 nitrogen and oxygen atoms in total. The number of nitrogens with zero attached hydrogens (tertiary/aromatic N) is 1. The molecule has 0 aliphatic rings. The van der Waals surface area contributed by atoms with Crippen molar-refractivity contribution >= 4 is 23.5 Å². The van der Waals surface area contributed by atoms with E-state index in [9.17, 15) is 9.90 Å². The molecule has 128 valence electrons.